The van der Waals surface area contributed by atoms with Gasteiger partial charge in [-0.05, 0) is 47.4 Å². The van der Waals surface area contributed by atoms with Crippen molar-refractivity contribution >= 4 is 29.3 Å². The molecule has 0 atom stereocenters. The predicted molar refractivity (Wildman–Crippen MR) is 112 cm³/mol. The number of ketones is 2. The minimum Gasteiger partial charge on any atom is -0.475 e. The molecule has 0 radical (unpaired) electrons. The maximum Gasteiger partial charge on any atom is 0.372 e. The van der Waals surface area contributed by atoms with Crippen LogP contribution in [0, 0.1) is 0 Å². The molecule has 0 amide bonds. The second kappa shape index (κ2) is 9.80. The van der Waals surface area contributed by atoms with Crippen molar-refractivity contribution in [3.8, 4) is 11.1 Å². The molecule has 3 aromatic rings. The first-order chi connectivity index (χ1) is 14.0. The summed E-state index contributed by atoms with van der Waals surface area (Å²) >= 11 is 1.79. The Morgan fingerprint density at radius 3 is 2.00 bits per heavy atom. The first kappa shape index (κ1) is 20.5. The van der Waals surface area contributed by atoms with Gasteiger partial charge in [0, 0.05) is 28.6 Å². The quantitative estimate of drug-likeness (QED) is 0.247. The molecule has 0 bridgehead atoms. The Labute approximate surface area is 172 Å². The molecule has 3 rings (SSSR count). The van der Waals surface area contributed by atoms with E-state index in [-0.39, 0.29) is 0 Å². The molecular weight excluding hydrogens is 386 g/mol. The van der Waals surface area contributed by atoms with E-state index in [1.807, 2.05) is 24.3 Å². The molecule has 0 spiro atoms. The Morgan fingerprint density at radius 2 is 1.41 bits per heavy atom. The lowest BCUT2D eigenvalue weighted by atomic mass is 10.0. The number of rotatable bonds is 9. The van der Waals surface area contributed by atoms with E-state index in [1.165, 1.54) is 10.5 Å². The summed E-state index contributed by atoms with van der Waals surface area (Å²) in [6, 6.07) is 19.1. The number of nitrogens with zero attached hydrogens (tertiary/aromatic N) is 1. The van der Waals surface area contributed by atoms with Crippen LogP contribution in [-0.4, -0.2) is 33.4 Å². The fourth-order valence-electron chi connectivity index (χ4n) is 2.75. The Morgan fingerprint density at radius 1 is 0.828 bits per heavy atom. The van der Waals surface area contributed by atoms with E-state index < -0.39 is 24.0 Å². The lowest BCUT2D eigenvalue weighted by Crippen LogP contribution is -2.17. The summed E-state index contributed by atoms with van der Waals surface area (Å²) in [7, 11) is 0. The van der Waals surface area contributed by atoms with Gasteiger partial charge >= 0.3 is 5.97 Å². The lowest BCUT2D eigenvalue weighted by molar-refractivity contribution is -0.148. The molecular formula is C23H19NO4S. The molecule has 0 aliphatic rings. The van der Waals surface area contributed by atoms with Gasteiger partial charge in [0.2, 0.25) is 5.78 Å². The second-order valence-electron chi connectivity index (χ2n) is 6.38. The molecule has 6 heteroatoms. The molecule has 1 heterocycles. The minimum absolute atomic E-state index is 0.326. The first-order valence-corrected chi connectivity index (χ1v) is 10.0. The Hall–Kier alpha value is -3.25. The number of thioether (sulfide) groups is 1. The molecule has 29 heavy (non-hydrogen) atoms. The summed E-state index contributed by atoms with van der Waals surface area (Å²) in [6.07, 6.45) is 3.96. The molecule has 5 nitrogen and oxygen atoms in total. The van der Waals surface area contributed by atoms with E-state index >= 15 is 0 Å². The third kappa shape index (κ3) is 5.86. The van der Waals surface area contributed by atoms with Crippen molar-refractivity contribution in [3.63, 3.8) is 0 Å². The number of pyridine rings is 1. The van der Waals surface area contributed by atoms with Gasteiger partial charge in [0.05, 0.1) is 6.42 Å². The number of carboxylic acids is 1. The van der Waals surface area contributed by atoms with Gasteiger partial charge in [-0.15, -0.1) is 11.8 Å². The Bertz CT molecular complexity index is 999. The van der Waals surface area contributed by atoms with Gasteiger partial charge in [0.15, 0.2) is 5.78 Å². The predicted octanol–water partition coefficient (Wildman–Crippen LogP) is 4.31. The summed E-state index contributed by atoms with van der Waals surface area (Å²) in [5.41, 5.74) is 3.55. The molecule has 2 aromatic carbocycles. The van der Waals surface area contributed by atoms with E-state index in [2.05, 4.69) is 17.1 Å². The second-order valence-corrected chi connectivity index (χ2v) is 7.55. The van der Waals surface area contributed by atoms with Crippen LogP contribution in [0.15, 0.2) is 78.0 Å². The maximum atomic E-state index is 12.0. The zero-order valence-corrected chi connectivity index (χ0v) is 16.4. The maximum absolute atomic E-state index is 12.0. The van der Waals surface area contributed by atoms with Gasteiger partial charge in [-0.2, -0.15) is 0 Å². The van der Waals surface area contributed by atoms with Gasteiger partial charge in [0.25, 0.3) is 0 Å². The minimum atomic E-state index is -1.59. The van der Waals surface area contributed by atoms with E-state index in [0.717, 1.165) is 23.3 Å². The number of Topliss-reactive ketones (excluding diaryl/α,β-unsaturated/α-hetero) is 2. The third-order valence-electron chi connectivity index (χ3n) is 4.36. The van der Waals surface area contributed by atoms with Crippen LogP contribution < -0.4 is 0 Å². The molecule has 0 unspecified atom stereocenters. The number of carboxylic acid groups (broad SMARTS) is 1. The van der Waals surface area contributed by atoms with Crippen molar-refractivity contribution in [1.29, 1.82) is 0 Å². The average Bonchev–Trinajstić information content (AvgIpc) is 2.75. The van der Waals surface area contributed by atoms with Crippen LogP contribution in [0.1, 0.15) is 22.3 Å². The topological polar surface area (TPSA) is 84.3 Å². The SMILES string of the molecule is O=C(O)C(=O)CC(=O)c1ccc(-c2ccc(SCCc3ccncc3)cc2)cc1. The van der Waals surface area contributed by atoms with Crippen LogP contribution in [0.5, 0.6) is 0 Å². The zero-order chi connectivity index (χ0) is 20.6. The highest BCUT2D eigenvalue weighted by molar-refractivity contribution is 7.99. The van der Waals surface area contributed by atoms with Crippen molar-refractivity contribution in [1.82, 2.24) is 4.98 Å². The smallest absolute Gasteiger partial charge is 0.372 e. The van der Waals surface area contributed by atoms with Crippen molar-refractivity contribution < 1.29 is 19.5 Å². The number of benzene rings is 2. The van der Waals surface area contributed by atoms with Gasteiger partial charge in [-0.1, -0.05) is 36.4 Å². The fraction of sp³-hybridized carbons (Fsp3) is 0.130. The molecule has 0 saturated heterocycles. The van der Waals surface area contributed by atoms with Crippen LogP contribution in [0.25, 0.3) is 11.1 Å². The highest BCUT2D eigenvalue weighted by Crippen LogP contribution is 2.25. The number of aliphatic carboxylic acids is 1. The molecule has 0 aliphatic heterocycles. The van der Waals surface area contributed by atoms with E-state index in [1.54, 1.807) is 48.4 Å². The van der Waals surface area contributed by atoms with Crippen molar-refractivity contribution in [2.24, 2.45) is 0 Å². The third-order valence-corrected chi connectivity index (χ3v) is 5.38. The van der Waals surface area contributed by atoms with Crippen LogP contribution in [0.4, 0.5) is 0 Å². The van der Waals surface area contributed by atoms with Crippen molar-refractivity contribution in [2.45, 2.75) is 17.7 Å². The van der Waals surface area contributed by atoms with E-state index in [9.17, 15) is 14.4 Å². The molecule has 1 aromatic heterocycles. The largest absolute Gasteiger partial charge is 0.475 e. The fourth-order valence-corrected chi connectivity index (χ4v) is 3.65. The number of aryl methyl sites for hydroxylation is 1. The number of carbonyl (C=O) groups excluding carboxylic acids is 2. The van der Waals surface area contributed by atoms with Gasteiger partial charge in [-0.3, -0.25) is 14.6 Å². The number of aromatic nitrogens is 1. The van der Waals surface area contributed by atoms with Gasteiger partial charge in [-0.25, -0.2) is 4.79 Å². The standard InChI is InChI=1S/C23H19NO4S/c25-21(15-22(26)23(27)28)19-3-1-17(2-4-19)18-5-7-20(8-6-18)29-14-11-16-9-12-24-13-10-16/h1-10,12-13H,11,14-15H2,(H,27,28). The van der Waals surface area contributed by atoms with Crippen molar-refractivity contribution in [2.75, 3.05) is 5.75 Å². The van der Waals surface area contributed by atoms with E-state index in [0.29, 0.717) is 5.56 Å². The zero-order valence-electron chi connectivity index (χ0n) is 15.6. The van der Waals surface area contributed by atoms with Crippen LogP contribution in [0.2, 0.25) is 0 Å². The van der Waals surface area contributed by atoms with Gasteiger partial charge in [0.1, 0.15) is 0 Å². The summed E-state index contributed by atoms with van der Waals surface area (Å²) in [6.45, 7) is 0. The Balaban J connectivity index is 1.57. The lowest BCUT2D eigenvalue weighted by Gasteiger charge is -2.06. The van der Waals surface area contributed by atoms with Gasteiger partial charge < -0.3 is 5.11 Å². The summed E-state index contributed by atoms with van der Waals surface area (Å²) in [5.74, 6) is -2.20. The normalized spacial score (nSPS) is 10.5. The molecule has 146 valence electrons. The first-order valence-electron chi connectivity index (χ1n) is 9.04. The van der Waals surface area contributed by atoms with Crippen LogP contribution in [-0.2, 0) is 16.0 Å². The molecule has 1 N–H and O–H groups in total. The summed E-state index contributed by atoms with van der Waals surface area (Å²) < 4.78 is 0. The molecule has 0 saturated carbocycles. The highest BCUT2D eigenvalue weighted by atomic mass is 32.2. The summed E-state index contributed by atoms with van der Waals surface area (Å²) in [5, 5.41) is 8.60. The monoisotopic (exact) mass is 405 g/mol. The number of hydrogen-bond donors (Lipinski definition) is 1. The highest BCUT2D eigenvalue weighted by Gasteiger charge is 2.17. The number of carbonyl (C=O) groups is 3. The number of hydrogen-bond acceptors (Lipinski definition) is 5. The Kier molecular flexibility index (Phi) is 6.92. The average molecular weight is 405 g/mol. The van der Waals surface area contributed by atoms with Crippen LogP contribution >= 0.6 is 11.8 Å². The van der Waals surface area contributed by atoms with E-state index in [4.69, 9.17) is 5.11 Å². The summed E-state index contributed by atoms with van der Waals surface area (Å²) in [4.78, 5) is 38.9. The van der Waals surface area contributed by atoms with Crippen LogP contribution in [0.3, 0.4) is 0 Å². The van der Waals surface area contributed by atoms with Crippen molar-refractivity contribution in [3.05, 3.63) is 84.2 Å². The molecule has 0 aliphatic carbocycles. The molecule has 0 fully saturated rings.